The number of hydrogen-bond donors (Lipinski definition) is 1. The van der Waals surface area contributed by atoms with Crippen LogP contribution < -0.4 is 5.48 Å². The molecule has 0 saturated carbocycles. The van der Waals surface area contributed by atoms with E-state index in [0.29, 0.717) is 11.6 Å². The van der Waals surface area contributed by atoms with E-state index in [4.69, 9.17) is 0 Å². The van der Waals surface area contributed by atoms with E-state index in [9.17, 15) is 13.2 Å². The summed E-state index contributed by atoms with van der Waals surface area (Å²) in [7, 11) is 1.72. The summed E-state index contributed by atoms with van der Waals surface area (Å²) in [5.74, 6) is 1.19. The summed E-state index contributed by atoms with van der Waals surface area (Å²) < 4.78 is 36.7. The Labute approximate surface area is 84.2 Å². The molecule has 1 heterocycles. The van der Waals surface area contributed by atoms with Gasteiger partial charge in [-0.25, -0.2) is 0 Å². The molecule has 1 rings (SSSR count). The molecule has 0 aliphatic rings. The molecule has 15 heavy (non-hydrogen) atoms. The number of alkyl halides is 3. The van der Waals surface area contributed by atoms with E-state index in [-0.39, 0.29) is 6.54 Å². The first-order valence-electron chi connectivity index (χ1n) is 4.16. The smallest absolute Gasteiger partial charge is 0.317 e. The van der Waals surface area contributed by atoms with Gasteiger partial charge in [0.05, 0.1) is 6.54 Å². The third-order valence-electron chi connectivity index (χ3n) is 1.75. The summed E-state index contributed by atoms with van der Waals surface area (Å²) >= 11 is 0. The maximum atomic E-state index is 11.7. The van der Waals surface area contributed by atoms with Crippen LogP contribution in [0.25, 0.3) is 0 Å². The van der Waals surface area contributed by atoms with Crippen LogP contribution in [0.3, 0.4) is 0 Å². The van der Waals surface area contributed by atoms with Gasteiger partial charge in [-0.15, -0.1) is 10.2 Å². The van der Waals surface area contributed by atoms with Crippen LogP contribution in [0.5, 0.6) is 0 Å². The van der Waals surface area contributed by atoms with Crippen LogP contribution in [0.4, 0.5) is 13.2 Å². The molecule has 1 N–H and O–H groups in total. The Hall–Kier alpha value is -1.15. The van der Waals surface area contributed by atoms with Crippen LogP contribution >= 0.6 is 0 Å². The zero-order valence-electron chi connectivity index (χ0n) is 8.30. The summed E-state index contributed by atoms with van der Waals surface area (Å²) in [5, 5.41) is 7.48. The number of hydroxylamine groups is 1. The van der Waals surface area contributed by atoms with Gasteiger partial charge in [-0.2, -0.15) is 18.7 Å². The molecule has 0 aliphatic heterocycles. The molecule has 1 aromatic heterocycles. The average molecular weight is 224 g/mol. The predicted octanol–water partition coefficient (Wildman–Crippen LogP) is 0.707. The highest BCUT2D eigenvalue weighted by Gasteiger charge is 2.27. The minimum Gasteiger partial charge on any atom is -0.317 e. The minimum absolute atomic E-state index is 0.0768. The second-order valence-corrected chi connectivity index (χ2v) is 2.95. The number of nitrogens with one attached hydrogen (secondary N) is 1. The molecule has 0 spiro atoms. The number of aromatic nitrogens is 3. The van der Waals surface area contributed by atoms with Crippen molar-refractivity contribution in [3.63, 3.8) is 0 Å². The van der Waals surface area contributed by atoms with Gasteiger partial charge in [0.15, 0.2) is 6.61 Å². The highest BCUT2D eigenvalue weighted by atomic mass is 19.4. The van der Waals surface area contributed by atoms with E-state index >= 15 is 0 Å². The van der Waals surface area contributed by atoms with Crippen molar-refractivity contribution in [2.75, 3.05) is 6.61 Å². The van der Waals surface area contributed by atoms with Gasteiger partial charge in [-0.1, -0.05) is 0 Å². The van der Waals surface area contributed by atoms with Crippen molar-refractivity contribution in [2.24, 2.45) is 7.05 Å². The molecule has 0 radical (unpaired) electrons. The maximum Gasteiger partial charge on any atom is 0.413 e. The van der Waals surface area contributed by atoms with Gasteiger partial charge in [0, 0.05) is 7.05 Å². The molecule has 86 valence electrons. The van der Waals surface area contributed by atoms with E-state index < -0.39 is 12.8 Å². The molecule has 0 saturated heterocycles. The van der Waals surface area contributed by atoms with Crippen LogP contribution in [0.2, 0.25) is 0 Å². The Kier molecular flexibility index (Phi) is 3.64. The normalized spacial score (nSPS) is 12.1. The zero-order valence-corrected chi connectivity index (χ0v) is 8.30. The van der Waals surface area contributed by atoms with E-state index in [1.807, 2.05) is 0 Å². The second kappa shape index (κ2) is 4.58. The molecule has 0 bridgehead atoms. The van der Waals surface area contributed by atoms with E-state index in [0.717, 1.165) is 0 Å². The first-order valence-corrected chi connectivity index (χ1v) is 4.16. The summed E-state index contributed by atoms with van der Waals surface area (Å²) in [5.41, 5.74) is 2.17. The largest absolute Gasteiger partial charge is 0.413 e. The van der Waals surface area contributed by atoms with Crippen molar-refractivity contribution in [1.29, 1.82) is 0 Å². The van der Waals surface area contributed by atoms with Crippen LogP contribution in [0.1, 0.15) is 11.6 Å². The number of aryl methyl sites for hydroxylation is 1. The summed E-state index contributed by atoms with van der Waals surface area (Å²) in [6.45, 7) is 0.490. The highest BCUT2D eigenvalue weighted by molar-refractivity contribution is 4.91. The average Bonchev–Trinajstić information content (AvgIpc) is 2.42. The Morgan fingerprint density at radius 3 is 2.53 bits per heavy atom. The minimum atomic E-state index is -4.33. The number of rotatable bonds is 4. The highest BCUT2D eigenvalue weighted by Crippen LogP contribution is 2.13. The lowest BCUT2D eigenvalue weighted by Gasteiger charge is -2.07. The predicted molar refractivity (Wildman–Crippen MR) is 44.6 cm³/mol. The van der Waals surface area contributed by atoms with E-state index in [1.165, 1.54) is 0 Å². The first kappa shape index (κ1) is 11.9. The molecule has 0 aromatic carbocycles. The SMILES string of the molecule is Cc1nnc(CNOCC(F)(F)F)n1C. The second-order valence-electron chi connectivity index (χ2n) is 2.95. The number of hydrogen-bond acceptors (Lipinski definition) is 4. The number of nitrogens with zero attached hydrogens (tertiary/aromatic N) is 3. The fraction of sp³-hybridized carbons (Fsp3) is 0.714. The van der Waals surface area contributed by atoms with Gasteiger partial charge < -0.3 is 4.57 Å². The third kappa shape index (κ3) is 3.84. The van der Waals surface area contributed by atoms with Crippen LogP contribution in [0, 0.1) is 6.92 Å². The summed E-state index contributed by atoms with van der Waals surface area (Å²) in [6, 6.07) is 0. The first-order chi connectivity index (χ1) is 6.90. The van der Waals surface area contributed by atoms with Gasteiger partial charge in [0.1, 0.15) is 11.6 Å². The van der Waals surface area contributed by atoms with Crippen molar-refractivity contribution in [3.8, 4) is 0 Å². The van der Waals surface area contributed by atoms with Crippen molar-refractivity contribution in [1.82, 2.24) is 20.2 Å². The molecular formula is C7H11F3N4O. The summed E-state index contributed by atoms with van der Waals surface area (Å²) in [4.78, 5) is 4.21. The molecule has 5 nitrogen and oxygen atoms in total. The van der Waals surface area contributed by atoms with Gasteiger partial charge in [0.2, 0.25) is 0 Å². The van der Waals surface area contributed by atoms with Crippen molar-refractivity contribution >= 4 is 0 Å². The molecule has 0 aliphatic carbocycles. The summed E-state index contributed by atoms with van der Waals surface area (Å²) in [6.07, 6.45) is -4.33. The Bertz CT molecular complexity index is 323. The molecule has 8 heteroatoms. The van der Waals surface area contributed by atoms with Gasteiger partial charge in [-0.05, 0) is 6.92 Å². The van der Waals surface area contributed by atoms with Crippen LogP contribution in [0.15, 0.2) is 0 Å². The number of halogens is 3. The quantitative estimate of drug-likeness (QED) is 0.604. The Balaban J connectivity index is 2.30. The molecule has 1 aromatic rings. The van der Waals surface area contributed by atoms with Crippen molar-refractivity contribution in [3.05, 3.63) is 11.6 Å². The van der Waals surface area contributed by atoms with Gasteiger partial charge in [0.25, 0.3) is 0 Å². The maximum absolute atomic E-state index is 11.7. The zero-order chi connectivity index (χ0) is 11.5. The monoisotopic (exact) mass is 224 g/mol. The standard InChI is InChI=1S/C7H11F3N4O/c1-5-12-13-6(14(5)2)3-11-15-4-7(8,9)10/h11H,3-4H2,1-2H3. The fourth-order valence-electron chi connectivity index (χ4n) is 0.853. The fourth-order valence-corrected chi connectivity index (χ4v) is 0.853. The lowest BCUT2D eigenvalue weighted by atomic mass is 10.6. The van der Waals surface area contributed by atoms with Crippen LogP contribution in [-0.4, -0.2) is 27.5 Å². The molecule has 0 unspecified atom stereocenters. The third-order valence-corrected chi connectivity index (χ3v) is 1.75. The lowest BCUT2D eigenvalue weighted by molar-refractivity contribution is -0.190. The van der Waals surface area contributed by atoms with E-state index in [1.54, 1.807) is 18.5 Å². The molecule has 0 atom stereocenters. The van der Waals surface area contributed by atoms with Crippen molar-refractivity contribution < 1.29 is 18.0 Å². The van der Waals surface area contributed by atoms with Gasteiger partial charge in [-0.3, -0.25) is 4.84 Å². The van der Waals surface area contributed by atoms with Crippen LogP contribution in [-0.2, 0) is 18.4 Å². The molecule has 0 amide bonds. The Morgan fingerprint density at radius 1 is 1.40 bits per heavy atom. The Morgan fingerprint density at radius 2 is 2.07 bits per heavy atom. The molecule has 0 fully saturated rings. The molecular weight excluding hydrogens is 213 g/mol. The van der Waals surface area contributed by atoms with Gasteiger partial charge >= 0.3 is 6.18 Å². The topological polar surface area (TPSA) is 52.0 Å². The van der Waals surface area contributed by atoms with E-state index in [2.05, 4.69) is 20.5 Å². The van der Waals surface area contributed by atoms with Crippen molar-refractivity contribution in [2.45, 2.75) is 19.6 Å². The lowest BCUT2D eigenvalue weighted by Crippen LogP contribution is -2.25.